The van der Waals surface area contributed by atoms with Crippen molar-refractivity contribution in [2.75, 3.05) is 31.0 Å². The molecular weight excluding hydrogens is 509 g/mol. The molecule has 1 fully saturated rings. The molecule has 3 rings (SSSR count). The molecule has 0 bridgehead atoms. The number of alkyl halides is 1. The van der Waals surface area contributed by atoms with E-state index < -0.39 is 35.9 Å². The Labute approximate surface area is 217 Å². The van der Waals surface area contributed by atoms with Crippen LogP contribution in [-0.2, 0) is 36.9 Å². The highest BCUT2D eigenvalue weighted by atomic mass is 32.2. The number of nitrogens with one attached hydrogen (secondary N) is 2. The van der Waals surface area contributed by atoms with E-state index in [1.165, 1.54) is 18.7 Å². The van der Waals surface area contributed by atoms with Crippen LogP contribution in [0.5, 0.6) is 0 Å². The highest BCUT2D eigenvalue weighted by Crippen LogP contribution is 2.40. The van der Waals surface area contributed by atoms with E-state index in [9.17, 15) is 28.7 Å². The first-order valence-corrected chi connectivity index (χ1v) is 13.9. The Balaban J connectivity index is 1.53. The van der Waals surface area contributed by atoms with Crippen LogP contribution in [0.4, 0.5) is 4.39 Å². The average molecular weight is 540 g/mol. The summed E-state index contributed by atoms with van der Waals surface area (Å²) >= 11 is 2.99. The van der Waals surface area contributed by atoms with Gasteiger partial charge in [0.05, 0.1) is 6.42 Å². The molecule has 2 aliphatic heterocycles. The number of rotatable bonds is 13. The Hall–Kier alpha value is -2.57. The van der Waals surface area contributed by atoms with Gasteiger partial charge in [-0.3, -0.25) is 19.3 Å². The average Bonchev–Trinajstić information content (AvgIpc) is 2.86. The number of carboxylic acid groups (broad SMARTS) is 1. The zero-order chi connectivity index (χ0) is 26.2. The van der Waals surface area contributed by atoms with Crippen molar-refractivity contribution in [3.05, 3.63) is 46.7 Å². The first-order valence-electron chi connectivity index (χ1n) is 11.4. The van der Waals surface area contributed by atoms with Crippen molar-refractivity contribution in [1.82, 2.24) is 15.5 Å². The number of carbonyl (C=O) groups excluding carboxylic acids is 3. The summed E-state index contributed by atoms with van der Waals surface area (Å²) < 4.78 is 18.0. The van der Waals surface area contributed by atoms with Crippen molar-refractivity contribution in [2.45, 2.75) is 43.8 Å². The lowest BCUT2D eigenvalue weighted by Crippen LogP contribution is -2.70. The van der Waals surface area contributed by atoms with Crippen molar-refractivity contribution in [3.63, 3.8) is 0 Å². The molecule has 0 radical (unpaired) electrons. The zero-order valence-corrected chi connectivity index (χ0v) is 21.8. The molecule has 0 saturated carbocycles. The van der Waals surface area contributed by atoms with Crippen LogP contribution in [-0.4, -0.2) is 82.3 Å². The van der Waals surface area contributed by atoms with E-state index in [0.717, 1.165) is 28.2 Å². The summed E-state index contributed by atoms with van der Waals surface area (Å²) in [6, 6.07) is 6.38. The van der Waals surface area contributed by atoms with Gasteiger partial charge in [0.1, 0.15) is 30.4 Å². The number of esters is 1. The fourth-order valence-electron chi connectivity index (χ4n) is 3.92. The molecule has 3 atom stereocenters. The van der Waals surface area contributed by atoms with Gasteiger partial charge in [0.2, 0.25) is 5.91 Å². The van der Waals surface area contributed by atoms with Crippen molar-refractivity contribution in [1.29, 1.82) is 0 Å². The Morgan fingerprint density at radius 2 is 1.97 bits per heavy atom. The number of benzene rings is 1. The van der Waals surface area contributed by atoms with Crippen LogP contribution in [0.1, 0.15) is 24.5 Å². The van der Waals surface area contributed by atoms with Gasteiger partial charge in [0.25, 0.3) is 5.91 Å². The number of nitrogens with zero attached hydrogens (tertiary/aromatic N) is 1. The van der Waals surface area contributed by atoms with Gasteiger partial charge in [-0.2, -0.15) is 11.8 Å². The van der Waals surface area contributed by atoms with Crippen LogP contribution in [0.25, 0.3) is 0 Å². The minimum Gasteiger partial charge on any atom is -0.477 e. The van der Waals surface area contributed by atoms with Gasteiger partial charge in [0.15, 0.2) is 0 Å². The fourth-order valence-corrected chi connectivity index (χ4v) is 5.77. The largest absolute Gasteiger partial charge is 0.477 e. The van der Waals surface area contributed by atoms with Crippen LogP contribution < -0.4 is 10.6 Å². The van der Waals surface area contributed by atoms with Crippen LogP contribution in [0.3, 0.4) is 0 Å². The maximum absolute atomic E-state index is 13.1. The molecule has 1 saturated heterocycles. The van der Waals surface area contributed by atoms with E-state index in [1.807, 2.05) is 30.5 Å². The summed E-state index contributed by atoms with van der Waals surface area (Å²) in [7, 11) is 0. The smallest absolute Gasteiger partial charge is 0.352 e. The second kappa shape index (κ2) is 13.1. The second-order valence-corrected chi connectivity index (χ2v) is 10.6. The molecule has 0 aliphatic carbocycles. The Morgan fingerprint density at radius 1 is 1.28 bits per heavy atom. The maximum Gasteiger partial charge on any atom is 0.352 e. The standard InChI is InChI=1S/C24H30FN3O6S2/c1-14(29)34-12-17-13-36-23-20(22(31)28(23)21(17)24(32)33)27-19(30)9-15-3-5-16(6-4-15)11-26-18(10-25)7-8-35-2/h3-6,18,20,23,26H,7-13H2,1-2H3,(H,27,30)(H,32,33). The van der Waals surface area contributed by atoms with Gasteiger partial charge >= 0.3 is 11.9 Å². The van der Waals surface area contributed by atoms with Gasteiger partial charge in [-0.15, -0.1) is 11.8 Å². The quantitative estimate of drug-likeness (QED) is 0.254. The van der Waals surface area contributed by atoms with Crippen LogP contribution in [0, 0.1) is 0 Å². The molecule has 2 heterocycles. The predicted octanol–water partition coefficient (Wildman–Crippen LogP) is 1.71. The third-order valence-electron chi connectivity index (χ3n) is 5.86. The van der Waals surface area contributed by atoms with Gasteiger partial charge in [-0.05, 0) is 29.6 Å². The van der Waals surface area contributed by atoms with Crippen LogP contribution in [0.2, 0.25) is 0 Å². The lowest BCUT2D eigenvalue weighted by Gasteiger charge is -2.49. The first-order chi connectivity index (χ1) is 17.2. The molecule has 36 heavy (non-hydrogen) atoms. The molecule has 1 aromatic carbocycles. The van der Waals surface area contributed by atoms with E-state index in [2.05, 4.69) is 10.6 Å². The lowest BCUT2D eigenvalue weighted by atomic mass is 10.0. The fraction of sp³-hybridized carbons (Fsp3) is 0.500. The summed E-state index contributed by atoms with van der Waals surface area (Å²) in [4.78, 5) is 49.3. The molecule has 196 valence electrons. The summed E-state index contributed by atoms with van der Waals surface area (Å²) in [5, 5.41) is 15.0. The number of halogens is 1. The van der Waals surface area contributed by atoms with Crippen molar-refractivity contribution < 1.29 is 33.4 Å². The summed E-state index contributed by atoms with van der Waals surface area (Å²) in [6.07, 6.45) is 2.81. The molecule has 3 N–H and O–H groups in total. The van der Waals surface area contributed by atoms with Gasteiger partial charge < -0.3 is 20.5 Å². The van der Waals surface area contributed by atoms with E-state index in [4.69, 9.17) is 4.74 Å². The van der Waals surface area contributed by atoms with Gasteiger partial charge in [-0.1, -0.05) is 24.3 Å². The van der Waals surface area contributed by atoms with E-state index in [-0.39, 0.29) is 36.4 Å². The maximum atomic E-state index is 13.1. The minimum absolute atomic E-state index is 0.0645. The predicted molar refractivity (Wildman–Crippen MR) is 136 cm³/mol. The molecule has 2 aliphatic rings. The highest BCUT2D eigenvalue weighted by Gasteiger charge is 2.54. The van der Waals surface area contributed by atoms with E-state index >= 15 is 0 Å². The van der Waals surface area contributed by atoms with Crippen LogP contribution in [0.15, 0.2) is 35.5 Å². The number of thioether (sulfide) groups is 2. The Kier molecular flexibility index (Phi) is 10.2. The second-order valence-electron chi connectivity index (χ2n) is 8.50. The molecule has 12 heteroatoms. The number of aliphatic carboxylic acids is 1. The monoisotopic (exact) mass is 539 g/mol. The third kappa shape index (κ3) is 7.01. The van der Waals surface area contributed by atoms with Crippen molar-refractivity contribution in [2.24, 2.45) is 0 Å². The van der Waals surface area contributed by atoms with Crippen molar-refractivity contribution >= 4 is 47.3 Å². The molecule has 0 aromatic heterocycles. The first kappa shape index (κ1) is 28.0. The molecule has 3 unspecified atom stereocenters. The number of hydrogen-bond acceptors (Lipinski definition) is 8. The summed E-state index contributed by atoms with van der Waals surface area (Å²) in [5.41, 5.74) is 1.88. The normalized spacial score (nSPS) is 19.9. The number of amides is 2. The third-order valence-corrected chi connectivity index (χ3v) is 7.84. The number of β-lactam (4-membered cyclic amide) rings is 1. The topological polar surface area (TPSA) is 125 Å². The minimum atomic E-state index is -1.28. The number of hydrogen-bond donors (Lipinski definition) is 3. The van der Waals surface area contributed by atoms with E-state index in [1.54, 1.807) is 11.8 Å². The number of carboxylic acids is 1. The molecule has 1 aromatic rings. The molecular formula is C24H30FN3O6S2. The molecule has 9 nitrogen and oxygen atoms in total. The zero-order valence-electron chi connectivity index (χ0n) is 20.1. The summed E-state index contributed by atoms with van der Waals surface area (Å²) in [5.74, 6) is -1.52. The Morgan fingerprint density at radius 3 is 2.58 bits per heavy atom. The number of fused-ring (bicyclic) bond motifs is 1. The van der Waals surface area contributed by atoms with Crippen molar-refractivity contribution in [3.8, 4) is 0 Å². The van der Waals surface area contributed by atoms with Gasteiger partial charge in [0, 0.05) is 30.8 Å². The number of ether oxygens (including phenoxy) is 1. The van der Waals surface area contributed by atoms with Gasteiger partial charge in [-0.25, -0.2) is 9.18 Å². The van der Waals surface area contributed by atoms with E-state index in [0.29, 0.717) is 12.1 Å². The number of carbonyl (C=O) groups is 4. The van der Waals surface area contributed by atoms with Crippen LogP contribution >= 0.6 is 23.5 Å². The molecule has 2 amide bonds. The molecule has 0 spiro atoms. The lowest BCUT2D eigenvalue weighted by molar-refractivity contribution is -0.151. The highest BCUT2D eigenvalue weighted by molar-refractivity contribution is 8.00. The Bertz CT molecular complexity index is 1020. The summed E-state index contributed by atoms with van der Waals surface area (Å²) in [6.45, 7) is 1.13. The SMILES string of the molecule is CSCCC(CF)NCc1ccc(CC(=O)NC2C(=O)N3C(C(=O)O)=C(COC(C)=O)CSC23)cc1.